The number of nitrogens with zero attached hydrogens (tertiary/aromatic N) is 3. The molecule has 1 aliphatic rings. The van der Waals surface area contributed by atoms with E-state index in [-0.39, 0.29) is 17.9 Å². The van der Waals surface area contributed by atoms with Crippen LogP contribution >= 0.6 is 11.8 Å². The normalized spacial score (nSPS) is 18.5. The van der Waals surface area contributed by atoms with Crippen LogP contribution in [0.2, 0.25) is 0 Å². The second-order valence-corrected chi connectivity index (χ2v) is 6.38. The molecule has 1 aliphatic heterocycles. The Morgan fingerprint density at radius 2 is 2.35 bits per heavy atom. The lowest BCUT2D eigenvalue weighted by Gasteiger charge is -2.23. The SMILES string of the molecule is CSCCC(NC(C)=O)C(=O)N1CCC(Oc2cnccn2)C1. The van der Waals surface area contributed by atoms with Gasteiger partial charge in [0.1, 0.15) is 12.1 Å². The molecule has 23 heavy (non-hydrogen) atoms. The molecule has 7 nitrogen and oxygen atoms in total. The van der Waals surface area contributed by atoms with Gasteiger partial charge in [-0.1, -0.05) is 0 Å². The second kappa shape index (κ2) is 8.71. The molecule has 0 aliphatic carbocycles. The molecular formula is C15H22N4O3S. The molecular weight excluding hydrogens is 316 g/mol. The van der Waals surface area contributed by atoms with Gasteiger partial charge < -0.3 is 15.0 Å². The zero-order chi connectivity index (χ0) is 16.7. The quantitative estimate of drug-likeness (QED) is 0.788. The van der Waals surface area contributed by atoms with E-state index in [2.05, 4.69) is 15.3 Å². The third kappa shape index (κ3) is 5.38. The summed E-state index contributed by atoms with van der Waals surface area (Å²) in [5.74, 6) is 1.06. The maximum Gasteiger partial charge on any atom is 0.245 e. The Morgan fingerprint density at radius 3 is 3.00 bits per heavy atom. The summed E-state index contributed by atoms with van der Waals surface area (Å²) in [4.78, 5) is 33.7. The zero-order valence-electron chi connectivity index (χ0n) is 13.4. The predicted molar refractivity (Wildman–Crippen MR) is 88.2 cm³/mol. The molecule has 2 rings (SSSR count). The third-order valence-electron chi connectivity index (χ3n) is 3.57. The highest BCUT2D eigenvalue weighted by Gasteiger charge is 2.32. The summed E-state index contributed by atoms with van der Waals surface area (Å²) in [5, 5.41) is 2.75. The van der Waals surface area contributed by atoms with E-state index in [1.165, 1.54) is 6.92 Å². The molecule has 0 bridgehead atoms. The van der Waals surface area contributed by atoms with Crippen molar-refractivity contribution in [1.29, 1.82) is 0 Å². The van der Waals surface area contributed by atoms with Gasteiger partial charge in [0.05, 0.1) is 12.7 Å². The second-order valence-electron chi connectivity index (χ2n) is 5.39. The van der Waals surface area contributed by atoms with Crippen LogP contribution in [0.5, 0.6) is 5.88 Å². The van der Waals surface area contributed by atoms with E-state index in [4.69, 9.17) is 4.74 Å². The van der Waals surface area contributed by atoms with E-state index >= 15 is 0 Å². The minimum absolute atomic E-state index is 0.0421. The fourth-order valence-electron chi connectivity index (χ4n) is 2.50. The van der Waals surface area contributed by atoms with Crippen LogP contribution in [0.15, 0.2) is 18.6 Å². The van der Waals surface area contributed by atoms with Gasteiger partial charge in [0.2, 0.25) is 17.7 Å². The van der Waals surface area contributed by atoms with Crippen molar-refractivity contribution in [3.05, 3.63) is 18.6 Å². The van der Waals surface area contributed by atoms with Gasteiger partial charge in [-0.05, 0) is 18.4 Å². The van der Waals surface area contributed by atoms with Gasteiger partial charge in [-0.25, -0.2) is 4.98 Å². The summed E-state index contributed by atoms with van der Waals surface area (Å²) in [6.45, 7) is 2.56. The Hall–Kier alpha value is -1.83. The molecule has 8 heteroatoms. The van der Waals surface area contributed by atoms with E-state index in [1.54, 1.807) is 35.3 Å². The van der Waals surface area contributed by atoms with Crippen molar-refractivity contribution in [3.8, 4) is 5.88 Å². The Kier molecular flexibility index (Phi) is 6.64. The Bertz CT molecular complexity index is 529. The predicted octanol–water partition coefficient (Wildman–Crippen LogP) is 0.714. The largest absolute Gasteiger partial charge is 0.471 e. The fourth-order valence-corrected chi connectivity index (χ4v) is 2.97. The van der Waals surface area contributed by atoms with E-state index in [0.717, 1.165) is 12.2 Å². The molecule has 2 amide bonds. The van der Waals surface area contributed by atoms with Gasteiger partial charge in [-0.3, -0.25) is 14.6 Å². The first kappa shape index (κ1) is 17.5. The van der Waals surface area contributed by atoms with Crippen molar-refractivity contribution in [3.63, 3.8) is 0 Å². The van der Waals surface area contributed by atoms with Gasteiger partial charge in [0.15, 0.2) is 0 Å². The number of carbonyl (C=O) groups excluding carboxylic acids is 2. The van der Waals surface area contributed by atoms with Crippen molar-refractivity contribution >= 4 is 23.6 Å². The molecule has 0 radical (unpaired) electrons. The molecule has 2 unspecified atom stereocenters. The summed E-state index contributed by atoms with van der Waals surface area (Å²) in [5.41, 5.74) is 0. The van der Waals surface area contributed by atoms with Crippen LogP contribution in [-0.4, -0.2) is 63.9 Å². The molecule has 1 saturated heterocycles. The minimum atomic E-state index is -0.463. The lowest BCUT2D eigenvalue weighted by molar-refractivity contribution is -0.135. The molecule has 1 N–H and O–H groups in total. The smallest absolute Gasteiger partial charge is 0.245 e. The minimum Gasteiger partial charge on any atom is -0.471 e. The first-order chi connectivity index (χ1) is 11.1. The molecule has 0 saturated carbocycles. The lowest BCUT2D eigenvalue weighted by Crippen LogP contribution is -2.48. The summed E-state index contributed by atoms with van der Waals surface area (Å²) < 4.78 is 5.74. The van der Waals surface area contributed by atoms with E-state index in [1.807, 2.05) is 6.26 Å². The maximum atomic E-state index is 12.6. The van der Waals surface area contributed by atoms with Gasteiger partial charge in [-0.15, -0.1) is 0 Å². The maximum absolute atomic E-state index is 12.6. The van der Waals surface area contributed by atoms with Crippen LogP contribution in [0, 0.1) is 0 Å². The van der Waals surface area contributed by atoms with Gasteiger partial charge in [0.25, 0.3) is 0 Å². The van der Waals surface area contributed by atoms with Crippen molar-refractivity contribution in [1.82, 2.24) is 20.2 Å². The Labute approximate surface area is 140 Å². The number of hydrogen-bond donors (Lipinski definition) is 1. The van der Waals surface area contributed by atoms with Gasteiger partial charge >= 0.3 is 0 Å². The fraction of sp³-hybridized carbons (Fsp3) is 0.600. The van der Waals surface area contributed by atoms with E-state index < -0.39 is 6.04 Å². The van der Waals surface area contributed by atoms with Crippen LogP contribution in [-0.2, 0) is 9.59 Å². The Balaban J connectivity index is 1.90. The number of aromatic nitrogens is 2. The number of likely N-dealkylation sites (tertiary alicyclic amines) is 1. The average Bonchev–Trinajstić information content (AvgIpc) is 3.00. The lowest BCUT2D eigenvalue weighted by atomic mass is 10.2. The summed E-state index contributed by atoms with van der Waals surface area (Å²) in [6.07, 6.45) is 7.99. The highest BCUT2D eigenvalue weighted by Crippen LogP contribution is 2.17. The third-order valence-corrected chi connectivity index (χ3v) is 4.21. The number of amides is 2. The number of rotatable bonds is 7. The summed E-state index contributed by atoms with van der Waals surface area (Å²) in [7, 11) is 0. The van der Waals surface area contributed by atoms with Crippen LogP contribution < -0.4 is 10.1 Å². The molecule has 1 aromatic heterocycles. The number of carbonyl (C=O) groups is 2. The van der Waals surface area contributed by atoms with Crippen molar-refractivity contribution in [2.24, 2.45) is 0 Å². The number of hydrogen-bond acceptors (Lipinski definition) is 6. The number of thioether (sulfide) groups is 1. The standard InChI is InChI=1S/C15H22N4O3S/c1-11(20)18-13(4-8-23-2)15(21)19-7-3-12(10-19)22-14-9-16-5-6-17-14/h5-6,9,12-13H,3-4,7-8,10H2,1-2H3,(H,18,20). The van der Waals surface area contributed by atoms with Crippen molar-refractivity contribution in [2.45, 2.75) is 31.9 Å². The van der Waals surface area contributed by atoms with Crippen LogP contribution in [0.4, 0.5) is 0 Å². The first-order valence-corrected chi connectivity index (χ1v) is 8.97. The summed E-state index contributed by atoms with van der Waals surface area (Å²) >= 11 is 1.66. The Morgan fingerprint density at radius 1 is 1.52 bits per heavy atom. The first-order valence-electron chi connectivity index (χ1n) is 7.57. The molecule has 126 valence electrons. The zero-order valence-corrected chi connectivity index (χ0v) is 14.2. The number of ether oxygens (including phenoxy) is 1. The van der Waals surface area contributed by atoms with Crippen LogP contribution in [0.3, 0.4) is 0 Å². The molecule has 0 aromatic carbocycles. The highest BCUT2D eigenvalue weighted by molar-refractivity contribution is 7.98. The molecule has 2 atom stereocenters. The average molecular weight is 338 g/mol. The van der Waals surface area contributed by atoms with Crippen molar-refractivity contribution < 1.29 is 14.3 Å². The molecule has 1 fully saturated rings. The molecule has 1 aromatic rings. The number of nitrogens with one attached hydrogen (secondary N) is 1. The van der Waals surface area contributed by atoms with Gasteiger partial charge in [-0.2, -0.15) is 11.8 Å². The molecule has 0 spiro atoms. The van der Waals surface area contributed by atoms with Crippen LogP contribution in [0.25, 0.3) is 0 Å². The monoisotopic (exact) mass is 338 g/mol. The molecule has 2 heterocycles. The van der Waals surface area contributed by atoms with Crippen LogP contribution in [0.1, 0.15) is 19.8 Å². The topological polar surface area (TPSA) is 84.4 Å². The van der Waals surface area contributed by atoms with E-state index in [0.29, 0.717) is 25.4 Å². The summed E-state index contributed by atoms with van der Waals surface area (Å²) in [6, 6.07) is -0.463. The van der Waals surface area contributed by atoms with E-state index in [9.17, 15) is 9.59 Å². The van der Waals surface area contributed by atoms with Gasteiger partial charge in [0, 0.05) is 32.3 Å². The van der Waals surface area contributed by atoms with Crippen molar-refractivity contribution in [2.75, 3.05) is 25.1 Å². The highest BCUT2D eigenvalue weighted by atomic mass is 32.2.